The fourth-order valence-electron chi connectivity index (χ4n) is 3.85. The van der Waals surface area contributed by atoms with E-state index < -0.39 is 51.9 Å². The number of carboxylic acid groups (broad SMARTS) is 1. The van der Waals surface area contributed by atoms with Crippen molar-refractivity contribution in [1.29, 1.82) is 0 Å². The number of nitrogens with one attached hydrogen (secondary N) is 1. The number of hydrogen-bond donors (Lipinski definition) is 4. The third-order valence-corrected chi connectivity index (χ3v) is 5.62. The molecule has 0 unspecified atom stereocenters. The molecular weight excluding hydrogens is 429 g/mol. The molecule has 8 nitrogen and oxygen atoms in total. The molecule has 5 N–H and O–H groups in total. The highest BCUT2D eigenvalue weighted by Crippen LogP contribution is 2.34. The lowest BCUT2D eigenvalue weighted by atomic mass is 10.0. The number of carbonyl (C=O) groups is 1. The van der Waals surface area contributed by atoms with E-state index in [0.717, 1.165) is 29.0 Å². The average Bonchev–Trinajstić information content (AvgIpc) is 2.71. The van der Waals surface area contributed by atoms with Crippen LogP contribution < -0.4 is 21.4 Å². The van der Waals surface area contributed by atoms with Crippen molar-refractivity contribution in [3.05, 3.63) is 63.2 Å². The summed E-state index contributed by atoms with van der Waals surface area (Å²) in [6, 6.07) is 2.82. The van der Waals surface area contributed by atoms with Gasteiger partial charge in [0, 0.05) is 30.9 Å². The molecule has 2 aromatic carbocycles. The van der Waals surface area contributed by atoms with E-state index in [2.05, 4.69) is 5.32 Å². The molecule has 1 saturated heterocycles. The largest absolute Gasteiger partial charge is 0.477 e. The van der Waals surface area contributed by atoms with Gasteiger partial charge in [-0.2, -0.15) is 0 Å². The maximum atomic E-state index is 15.7. The van der Waals surface area contributed by atoms with Crippen molar-refractivity contribution in [2.24, 2.45) is 0 Å². The molecule has 0 bridgehead atoms. The van der Waals surface area contributed by atoms with Crippen molar-refractivity contribution in [2.45, 2.75) is 12.6 Å². The van der Waals surface area contributed by atoms with Gasteiger partial charge in [0.2, 0.25) is 5.43 Å². The highest BCUT2D eigenvalue weighted by Gasteiger charge is 2.32. The third kappa shape index (κ3) is 3.26. The minimum atomic E-state index is -1.62. The molecule has 1 aromatic heterocycles. The van der Waals surface area contributed by atoms with Crippen molar-refractivity contribution in [1.82, 2.24) is 9.88 Å². The topological polar surface area (TPSA) is 121 Å². The number of nitrogen functional groups attached to an aromatic ring is 1. The van der Waals surface area contributed by atoms with Gasteiger partial charge in [-0.15, -0.1) is 0 Å². The maximum absolute atomic E-state index is 15.7. The van der Waals surface area contributed by atoms with Gasteiger partial charge in [0.25, 0.3) is 0 Å². The summed E-state index contributed by atoms with van der Waals surface area (Å²) in [4.78, 5) is 25.8. The number of carboxylic acids is 1. The predicted octanol–water partition coefficient (Wildman–Crippen LogP) is 1.59. The molecule has 1 fully saturated rings. The highest BCUT2D eigenvalue weighted by molar-refractivity contribution is 5.94. The average molecular weight is 448 g/mol. The van der Waals surface area contributed by atoms with Crippen LogP contribution in [0, 0.1) is 17.5 Å². The molecule has 168 valence electrons. The fourth-order valence-corrected chi connectivity index (χ4v) is 3.85. The zero-order valence-electron chi connectivity index (χ0n) is 16.8. The number of aliphatic hydroxyl groups is 1. The molecule has 1 aliphatic heterocycles. The lowest BCUT2D eigenvalue weighted by molar-refractivity contribution is 0.0695. The molecule has 3 aromatic rings. The first-order chi connectivity index (χ1) is 15.2. The standard InChI is InChI=1S/C21H19F3N4O4/c1-26-10-5-27(6-10)19-14(23)3-11-18(17(19)24)28(7-12(20(11)30)21(31)32)16-4-15(25)13(22)2-9(16)8-29/h2-4,7,10,26,29H,5-6,8,25H2,1H3,(H,31,32). The number of halogens is 3. The first-order valence-electron chi connectivity index (χ1n) is 9.59. The molecule has 0 saturated carbocycles. The lowest BCUT2D eigenvalue weighted by Crippen LogP contribution is -2.57. The number of benzene rings is 2. The van der Waals surface area contributed by atoms with E-state index in [1.54, 1.807) is 7.05 Å². The SMILES string of the molecule is CNC1CN(c2c(F)cc3c(=O)c(C(=O)O)cn(-c4cc(N)c(F)cc4CO)c3c2F)C1. The molecule has 0 atom stereocenters. The summed E-state index contributed by atoms with van der Waals surface area (Å²) in [5.74, 6) is -4.56. The van der Waals surface area contributed by atoms with E-state index in [1.165, 1.54) is 4.90 Å². The molecule has 0 amide bonds. The normalized spacial score (nSPS) is 14.1. The monoisotopic (exact) mass is 448 g/mol. The zero-order valence-corrected chi connectivity index (χ0v) is 16.8. The first-order valence-corrected chi connectivity index (χ1v) is 9.59. The van der Waals surface area contributed by atoms with Crippen LogP contribution in [0.5, 0.6) is 0 Å². The summed E-state index contributed by atoms with van der Waals surface area (Å²) in [7, 11) is 1.72. The van der Waals surface area contributed by atoms with Crippen LogP contribution in [0.3, 0.4) is 0 Å². The summed E-state index contributed by atoms with van der Waals surface area (Å²) in [6.07, 6.45) is 0.857. The van der Waals surface area contributed by atoms with Gasteiger partial charge in [-0.3, -0.25) is 4.79 Å². The second kappa shape index (κ2) is 7.84. The van der Waals surface area contributed by atoms with Crippen LogP contribution in [0.4, 0.5) is 24.5 Å². The lowest BCUT2D eigenvalue weighted by Gasteiger charge is -2.41. The van der Waals surface area contributed by atoms with Crippen LogP contribution in [0.2, 0.25) is 0 Å². The van der Waals surface area contributed by atoms with E-state index in [0.29, 0.717) is 13.1 Å². The van der Waals surface area contributed by atoms with Gasteiger partial charge in [-0.1, -0.05) is 0 Å². The minimum Gasteiger partial charge on any atom is -0.477 e. The van der Waals surface area contributed by atoms with Crippen molar-refractivity contribution in [3.63, 3.8) is 0 Å². The van der Waals surface area contributed by atoms with Gasteiger partial charge in [0.15, 0.2) is 5.82 Å². The third-order valence-electron chi connectivity index (χ3n) is 5.62. The van der Waals surface area contributed by atoms with Crippen molar-refractivity contribution >= 4 is 28.2 Å². The molecule has 32 heavy (non-hydrogen) atoms. The van der Waals surface area contributed by atoms with Gasteiger partial charge in [0.1, 0.15) is 22.9 Å². The second-order valence-electron chi connectivity index (χ2n) is 7.52. The van der Waals surface area contributed by atoms with E-state index in [9.17, 15) is 28.6 Å². The summed E-state index contributed by atoms with van der Waals surface area (Å²) < 4.78 is 45.5. The van der Waals surface area contributed by atoms with Crippen LogP contribution in [0.1, 0.15) is 15.9 Å². The van der Waals surface area contributed by atoms with Crippen LogP contribution in [0.15, 0.2) is 29.2 Å². The minimum absolute atomic E-state index is 0.0268. The number of likely N-dealkylation sites (N-methyl/N-ethyl adjacent to an activating group) is 1. The predicted molar refractivity (Wildman–Crippen MR) is 112 cm³/mol. The summed E-state index contributed by atoms with van der Waals surface area (Å²) >= 11 is 0. The van der Waals surface area contributed by atoms with Crippen LogP contribution in [-0.2, 0) is 6.61 Å². The number of aliphatic hydroxyl groups excluding tert-OH is 1. The van der Waals surface area contributed by atoms with E-state index in [-0.39, 0.29) is 28.7 Å². The number of fused-ring (bicyclic) bond motifs is 1. The molecule has 4 rings (SSSR count). The number of pyridine rings is 1. The molecular formula is C21H19F3N4O4. The Morgan fingerprint density at radius 1 is 1.22 bits per heavy atom. The van der Waals surface area contributed by atoms with Crippen molar-refractivity contribution in [2.75, 3.05) is 30.8 Å². The number of anilines is 2. The summed E-state index contributed by atoms with van der Waals surface area (Å²) in [5, 5.41) is 21.6. The van der Waals surface area contributed by atoms with Crippen LogP contribution in [-0.4, -0.2) is 46.9 Å². The highest BCUT2D eigenvalue weighted by atomic mass is 19.1. The number of rotatable bonds is 5. The second-order valence-corrected chi connectivity index (χ2v) is 7.52. The Labute approximate surface area is 179 Å². The van der Waals surface area contributed by atoms with E-state index >= 15 is 4.39 Å². The number of hydrogen-bond acceptors (Lipinski definition) is 6. The Bertz CT molecular complexity index is 1320. The Kier molecular flexibility index (Phi) is 5.31. The van der Waals surface area contributed by atoms with Gasteiger partial charge < -0.3 is 30.7 Å². The molecule has 2 heterocycles. The van der Waals surface area contributed by atoms with Crippen LogP contribution >= 0.6 is 0 Å². The van der Waals surface area contributed by atoms with Crippen molar-refractivity contribution < 1.29 is 28.2 Å². The fraction of sp³-hybridized carbons (Fsp3) is 0.238. The number of nitrogens with two attached hydrogens (primary N) is 1. The molecule has 1 aliphatic rings. The molecule has 0 aliphatic carbocycles. The zero-order chi connectivity index (χ0) is 23.3. The first kappa shape index (κ1) is 21.7. The van der Waals surface area contributed by atoms with Gasteiger partial charge in [-0.05, 0) is 25.2 Å². The van der Waals surface area contributed by atoms with Crippen LogP contribution in [0.25, 0.3) is 16.6 Å². The van der Waals surface area contributed by atoms with E-state index in [4.69, 9.17) is 5.73 Å². The van der Waals surface area contributed by atoms with Crippen molar-refractivity contribution in [3.8, 4) is 5.69 Å². The molecule has 11 heteroatoms. The van der Waals surface area contributed by atoms with E-state index in [1.807, 2.05) is 0 Å². The Morgan fingerprint density at radius 3 is 2.50 bits per heavy atom. The van der Waals surface area contributed by atoms with Gasteiger partial charge in [-0.25, -0.2) is 18.0 Å². The Hall–Kier alpha value is -3.57. The number of aromatic carboxylic acids is 1. The Morgan fingerprint density at radius 2 is 1.91 bits per heavy atom. The quantitative estimate of drug-likeness (QED) is 0.438. The smallest absolute Gasteiger partial charge is 0.341 e. The molecule has 0 radical (unpaired) electrons. The van der Waals surface area contributed by atoms with Gasteiger partial charge >= 0.3 is 5.97 Å². The number of nitrogens with zero attached hydrogens (tertiary/aromatic N) is 2. The summed E-state index contributed by atoms with van der Waals surface area (Å²) in [5.41, 5.74) is 2.59. The Balaban J connectivity index is 2.10. The maximum Gasteiger partial charge on any atom is 0.341 e. The number of aromatic nitrogens is 1. The van der Waals surface area contributed by atoms with Gasteiger partial charge in [0.05, 0.1) is 28.9 Å². The molecule has 0 spiro atoms. The summed E-state index contributed by atoms with van der Waals surface area (Å²) in [6.45, 7) is -0.0500.